The number of likely N-dealkylation sites (N-methyl/N-ethyl adjacent to an activating group) is 1. The minimum absolute atomic E-state index is 0.0132. The Morgan fingerprint density at radius 2 is 2.06 bits per heavy atom. The van der Waals surface area contributed by atoms with Crippen molar-refractivity contribution >= 4 is 0 Å². The van der Waals surface area contributed by atoms with E-state index >= 15 is 0 Å². The van der Waals surface area contributed by atoms with Gasteiger partial charge in [0.1, 0.15) is 0 Å². The monoisotopic (exact) mass is 228 g/mol. The van der Waals surface area contributed by atoms with Crippen LogP contribution in [0.1, 0.15) is 27.2 Å². The van der Waals surface area contributed by atoms with E-state index in [1.807, 2.05) is 0 Å². The van der Waals surface area contributed by atoms with Crippen molar-refractivity contribution in [3.63, 3.8) is 0 Å². The molecule has 1 aliphatic rings. The summed E-state index contributed by atoms with van der Waals surface area (Å²) in [5.74, 6) is 0.780. The summed E-state index contributed by atoms with van der Waals surface area (Å²) in [5, 5.41) is 10.0. The minimum atomic E-state index is -0.239. The lowest BCUT2D eigenvalue weighted by Crippen LogP contribution is -2.39. The SMILES string of the molecule is CN1CCC(CN(C)CC(O)C(C)(C)C)C1. The fraction of sp³-hybridized carbons (Fsp3) is 1.00. The van der Waals surface area contributed by atoms with Gasteiger partial charge in [0.2, 0.25) is 0 Å². The number of hydrogen-bond donors (Lipinski definition) is 1. The maximum Gasteiger partial charge on any atom is 0.0715 e. The van der Waals surface area contributed by atoms with Gasteiger partial charge in [-0.05, 0) is 38.4 Å². The molecule has 0 aliphatic carbocycles. The third-order valence-corrected chi connectivity index (χ3v) is 3.54. The molecule has 0 spiro atoms. The van der Waals surface area contributed by atoms with E-state index in [0.717, 1.165) is 19.0 Å². The summed E-state index contributed by atoms with van der Waals surface area (Å²) < 4.78 is 0. The number of hydrogen-bond acceptors (Lipinski definition) is 3. The van der Waals surface area contributed by atoms with Gasteiger partial charge in [-0.1, -0.05) is 20.8 Å². The first-order valence-corrected chi connectivity index (χ1v) is 6.34. The predicted octanol–water partition coefficient (Wildman–Crippen LogP) is 1.28. The van der Waals surface area contributed by atoms with E-state index < -0.39 is 0 Å². The van der Waals surface area contributed by atoms with Crippen molar-refractivity contribution in [2.75, 3.05) is 40.3 Å². The molecule has 0 radical (unpaired) electrons. The first kappa shape index (κ1) is 13.9. The van der Waals surface area contributed by atoms with Crippen LogP contribution in [0, 0.1) is 11.3 Å². The second-order valence-corrected chi connectivity index (χ2v) is 6.52. The molecular weight excluding hydrogens is 200 g/mol. The molecule has 0 saturated carbocycles. The van der Waals surface area contributed by atoms with E-state index in [0.29, 0.717) is 0 Å². The topological polar surface area (TPSA) is 26.7 Å². The number of aliphatic hydroxyl groups is 1. The van der Waals surface area contributed by atoms with Crippen LogP contribution in [0.4, 0.5) is 0 Å². The highest BCUT2D eigenvalue weighted by Crippen LogP contribution is 2.21. The summed E-state index contributed by atoms with van der Waals surface area (Å²) in [7, 11) is 4.30. The number of rotatable bonds is 4. The molecule has 1 fully saturated rings. The molecule has 2 atom stereocenters. The number of nitrogens with zero attached hydrogens (tertiary/aromatic N) is 2. The molecule has 1 rings (SSSR count). The molecule has 0 amide bonds. The zero-order valence-electron chi connectivity index (χ0n) is 11.5. The molecule has 96 valence electrons. The first-order chi connectivity index (χ1) is 7.29. The largest absolute Gasteiger partial charge is 0.391 e. The maximum absolute atomic E-state index is 10.0. The van der Waals surface area contributed by atoms with Gasteiger partial charge in [-0.2, -0.15) is 0 Å². The van der Waals surface area contributed by atoms with Crippen molar-refractivity contribution in [2.24, 2.45) is 11.3 Å². The van der Waals surface area contributed by atoms with Crippen molar-refractivity contribution in [1.82, 2.24) is 9.80 Å². The van der Waals surface area contributed by atoms with Crippen molar-refractivity contribution < 1.29 is 5.11 Å². The third-order valence-electron chi connectivity index (χ3n) is 3.54. The van der Waals surface area contributed by atoms with Crippen molar-refractivity contribution in [1.29, 1.82) is 0 Å². The van der Waals surface area contributed by atoms with Crippen molar-refractivity contribution in [2.45, 2.75) is 33.3 Å². The lowest BCUT2D eigenvalue weighted by Gasteiger charge is -2.31. The fourth-order valence-corrected chi connectivity index (χ4v) is 2.26. The smallest absolute Gasteiger partial charge is 0.0715 e. The second kappa shape index (κ2) is 5.48. The van der Waals surface area contributed by atoms with Gasteiger partial charge >= 0.3 is 0 Å². The average molecular weight is 228 g/mol. The standard InChI is InChI=1S/C13H28N2O/c1-13(2,3)12(16)10-15(5)9-11-6-7-14(4)8-11/h11-12,16H,6-10H2,1-5H3. The van der Waals surface area contributed by atoms with Crippen LogP contribution in [0.15, 0.2) is 0 Å². The molecule has 1 saturated heterocycles. The molecule has 1 heterocycles. The van der Waals surface area contributed by atoms with Crippen LogP contribution in [0.2, 0.25) is 0 Å². The van der Waals surface area contributed by atoms with Gasteiger partial charge in [0.25, 0.3) is 0 Å². The lowest BCUT2D eigenvalue weighted by molar-refractivity contribution is 0.0319. The Kier molecular flexibility index (Phi) is 4.77. The molecule has 1 N–H and O–H groups in total. The van der Waals surface area contributed by atoms with Crippen LogP contribution < -0.4 is 0 Å². The Morgan fingerprint density at radius 3 is 2.50 bits per heavy atom. The average Bonchev–Trinajstić information content (AvgIpc) is 2.49. The van der Waals surface area contributed by atoms with Crippen molar-refractivity contribution in [3.8, 4) is 0 Å². The lowest BCUT2D eigenvalue weighted by atomic mass is 9.89. The van der Waals surface area contributed by atoms with E-state index in [9.17, 15) is 5.11 Å². The highest BCUT2D eigenvalue weighted by Gasteiger charge is 2.25. The Balaban J connectivity index is 2.28. The summed E-state index contributed by atoms with van der Waals surface area (Å²) in [4.78, 5) is 4.67. The first-order valence-electron chi connectivity index (χ1n) is 6.34. The van der Waals surface area contributed by atoms with Crippen LogP contribution in [0.25, 0.3) is 0 Å². The Hall–Kier alpha value is -0.120. The van der Waals surface area contributed by atoms with E-state index in [-0.39, 0.29) is 11.5 Å². The van der Waals surface area contributed by atoms with Gasteiger partial charge in [0.15, 0.2) is 0 Å². The predicted molar refractivity (Wildman–Crippen MR) is 68.6 cm³/mol. The van der Waals surface area contributed by atoms with Crippen LogP contribution in [-0.2, 0) is 0 Å². The van der Waals surface area contributed by atoms with Gasteiger partial charge in [0.05, 0.1) is 6.10 Å². The second-order valence-electron chi connectivity index (χ2n) is 6.52. The third kappa shape index (κ3) is 4.40. The molecule has 2 unspecified atom stereocenters. The van der Waals surface area contributed by atoms with Gasteiger partial charge in [-0.15, -0.1) is 0 Å². The molecule has 0 aromatic carbocycles. The minimum Gasteiger partial charge on any atom is -0.391 e. The quantitative estimate of drug-likeness (QED) is 0.785. The summed E-state index contributed by atoms with van der Waals surface area (Å²) in [5.41, 5.74) is -0.0132. The molecule has 3 heteroatoms. The molecule has 0 aromatic rings. The van der Waals surface area contributed by atoms with E-state index in [1.54, 1.807) is 0 Å². The fourth-order valence-electron chi connectivity index (χ4n) is 2.26. The van der Waals surface area contributed by atoms with Gasteiger partial charge in [-0.3, -0.25) is 0 Å². The Labute approximate surface area is 100 Å². The molecule has 1 aliphatic heterocycles. The normalized spacial score (nSPS) is 25.3. The van der Waals surface area contributed by atoms with Crippen LogP contribution in [-0.4, -0.2) is 61.3 Å². The van der Waals surface area contributed by atoms with Crippen LogP contribution in [0.5, 0.6) is 0 Å². The number of aliphatic hydroxyl groups excluding tert-OH is 1. The zero-order valence-corrected chi connectivity index (χ0v) is 11.5. The maximum atomic E-state index is 10.0. The van der Waals surface area contributed by atoms with E-state index in [1.165, 1.54) is 19.5 Å². The Morgan fingerprint density at radius 1 is 1.44 bits per heavy atom. The summed E-state index contributed by atoms with van der Waals surface area (Å²) in [6.07, 6.45) is 1.06. The molecule has 16 heavy (non-hydrogen) atoms. The van der Waals surface area contributed by atoms with E-state index in [4.69, 9.17) is 0 Å². The molecule has 3 nitrogen and oxygen atoms in total. The summed E-state index contributed by atoms with van der Waals surface area (Å²) >= 11 is 0. The summed E-state index contributed by atoms with van der Waals surface area (Å²) in [6.45, 7) is 10.6. The van der Waals surface area contributed by atoms with Crippen LogP contribution >= 0.6 is 0 Å². The van der Waals surface area contributed by atoms with Crippen molar-refractivity contribution in [3.05, 3.63) is 0 Å². The molecular formula is C13H28N2O. The highest BCUT2D eigenvalue weighted by atomic mass is 16.3. The zero-order chi connectivity index (χ0) is 12.3. The van der Waals surface area contributed by atoms with Crippen LogP contribution in [0.3, 0.4) is 0 Å². The van der Waals surface area contributed by atoms with Gasteiger partial charge in [-0.25, -0.2) is 0 Å². The molecule has 0 aromatic heterocycles. The van der Waals surface area contributed by atoms with Gasteiger partial charge < -0.3 is 14.9 Å². The Bertz CT molecular complexity index is 212. The number of likely N-dealkylation sites (tertiary alicyclic amines) is 1. The molecule has 0 bridgehead atoms. The van der Waals surface area contributed by atoms with E-state index in [2.05, 4.69) is 44.7 Å². The highest BCUT2D eigenvalue weighted by molar-refractivity contribution is 4.79. The summed E-state index contributed by atoms with van der Waals surface area (Å²) in [6, 6.07) is 0. The van der Waals surface area contributed by atoms with Gasteiger partial charge in [0, 0.05) is 19.6 Å².